The molecule has 1 aromatic carbocycles. The molecule has 0 radical (unpaired) electrons. The van der Waals surface area contributed by atoms with E-state index in [1.807, 2.05) is 14.0 Å². The molecule has 0 aliphatic heterocycles. The molecule has 0 saturated heterocycles. The van der Waals surface area contributed by atoms with E-state index in [0.717, 1.165) is 16.1 Å². The van der Waals surface area contributed by atoms with Crippen molar-refractivity contribution < 1.29 is 0 Å². The lowest BCUT2D eigenvalue weighted by Crippen LogP contribution is -1.96. The second-order valence-electron chi connectivity index (χ2n) is 4.18. The Morgan fingerprint density at radius 2 is 1.88 bits per heavy atom. The molecule has 0 spiro atoms. The zero-order valence-corrected chi connectivity index (χ0v) is 11.6. The number of benzene rings is 1. The van der Waals surface area contributed by atoms with Gasteiger partial charge in [-0.2, -0.15) is 0 Å². The number of nitrogens with zero attached hydrogens (tertiary/aromatic N) is 2. The second kappa shape index (κ2) is 4.06. The summed E-state index contributed by atoms with van der Waals surface area (Å²) >= 11 is 3.53. The third-order valence-electron chi connectivity index (χ3n) is 2.92. The fourth-order valence-electron chi connectivity index (χ4n) is 1.85. The SMILES string of the molecule is Cc1ccc(C)c(-c2c(Br)nc(C)n2C)c1. The average Bonchev–Trinajstić information content (AvgIpc) is 2.46. The maximum atomic E-state index is 4.44. The molecule has 0 fully saturated rings. The average molecular weight is 279 g/mol. The topological polar surface area (TPSA) is 17.8 Å². The molecule has 0 aliphatic rings. The van der Waals surface area contributed by atoms with E-state index in [-0.39, 0.29) is 0 Å². The molecule has 2 nitrogen and oxygen atoms in total. The summed E-state index contributed by atoms with van der Waals surface area (Å²) in [5.74, 6) is 1.02. The van der Waals surface area contributed by atoms with E-state index in [2.05, 4.69) is 57.5 Å². The molecular weight excluding hydrogens is 264 g/mol. The van der Waals surface area contributed by atoms with Gasteiger partial charge in [0.1, 0.15) is 10.4 Å². The highest BCUT2D eigenvalue weighted by atomic mass is 79.9. The minimum atomic E-state index is 0.918. The maximum absolute atomic E-state index is 4.44. The molecule has 0 atom stereocenters. The summed E-state index contributed by atoms with van der Waals surface area (Å²) in [6, 6.07) is 6.49. The quantitative estimate of drug-likeness (QED) is 0.777. The molecule has 0 unspecified atom stereocenters. The zero-order valence-electron chi connectivity index (χ0n) is 10.0. The monoisotopic (exact) mass is 278 g/mol. The molecule has 3 heteroatoms. The van der Waals surface area contributed by atoms with Crippen LogP contribution < -0.4 is 0 Å². The third kappa shape index (κ3) is 1.80. The number of aryl methyl sites for hydroxylation is 3. The largest absolute Gasteiger partial charge is 0.330 e. The van der Waals surface area contributed by atoms with Gasteiger partial charge in [-0.1, -0.05) is 17.7 Å². The van der Waals surface area contributed by atoms with Crippen LogP contribution in [0.4, 0.5) is 0 Å². The predicted octanol–water partition coefficient (Wildman–Crippen LogP) is 3.77. The number of aromatic nitrogens is 2. The van der Waals surface area contributed by atoms with Gasteiger partial charge in [-0.15, -0.1) is 0 Å². The number of rotatable bonds is 1. The highest BCUT2D eigenvalue weighted by Crippen LogP contribution is 2.31. The lowest BCUT2D eigenvalue weighted by molar-refractivity contribution is 0.864. The van der Waals surface area contributed by atoms with Crippen LogP contribution in [-0.4, -0.2) is 9.55 Å². The summed E-state index contributed by atoms with van der Waals surface area (Å²) < 4.78 is 3.03. The highest BCUT2D eigenvalue weighted by Gasteiger charge is 2.13. The minimum absolute atomic E-state index is 0.918. The maximum Gasteiger partial charge on any atom is 0.132 e. The van der Waals surface area contributed by atoms with Gasteiger partial charge in [0, 0.05) is 12.6 Å². The third-order valence-corrected chi connectivity index (χ3v) is 3.48. The standard InChI is InChI=1S/C13H15BrN2/c1-8-5-6-9(2)11(7-8)12-13(14)15-10(3)16(12)4/h5-7H,1-4H3. The van der Waals surface area contributed by atoms with Crippen molar-refractivity contribution in [3.63, 3.8) is 0 Å². The van der Waals surface area contributed by atoms with Crippen LogP contribution in [0.3, 0.4) is 0 Å². The van der Waals surface area contributed by atoms with Gasteiger partial charge >= 0.3 is 0 Å². The van der Waals surface area contributed by atoms with Crippen molar-refractivity contribution in [1.29, 1.82) is 0 Å². The van der Waals surface area contributed by atoms with Gasteiger partial charge in [0.15, 0.2) is 0 Å². The predicted molar refractivity (Wildman–Crippen MR) is 70.6 cm³/mol. The van der Waals surface area contributed by atoms with Gasteiger partial charge in [0.2, 0.25) is 0 Å². The molecule has 84 valence electrons. The van der Waals surface area contributed by atoms with Gasteiger partial charge in [-0.05, 0) is 48.3 Å². The first-order chi connectivity index (χ1) is 7.50. The Bertz CT molecular complexity index is 541. The number of halogens is 1. The first-order valence-corrected chi connectivity index (χ1v) is 6.06. The van der Waals surface area contributed by atoms with Crippen molar-refractivity contribution in [2.75, 3.05) is 0 Å². The summed E-state index contributed by atoms with van der Waals surface area (Å²) in [5.41, 5.74) is 4.94. The van der Waals surface area contributed by atoms with Crippen LogP contribution in [0.2, 0.25) is 0 Å². The fraction of sp³-hybridized carbons (Fsp3) is 0.308. The Morgan fingerprint density at radius 3 is 2.44 bits per heavy atom. The van der Waals surface area contributed by atoms with Crippen molar-refractivity contribution >= 4 is 15.9 Å². The lowest BCUT2D eigenvalue weighted by atomic mass is 10.0. The van der Waals surface area contributed by atoms with Crippen LogP contribution in [0.5, 0.6) is 0 Å². The molecule has 16 heavy (non-hydrogen) atoms. The van der Waals surface area contributed by atoms with E-state index in [1.165, 1.54) is 16.7 Å². The Hall–Kier alpha value is -1.09. The summed E-state index contributed by atoms with van der Waals surface area (Å²) in [6.07, 6.45) is 0. The number of hydrogen-bond donors (Lipinski definition) is 0. The van der Waals surface area contributed by atoms with Crippen LogP contribution in [0.25, 0.3) is 11.3 Å². The molecule has 0 aliphatic carbocycles. The van der Waals surface area contributed by atoms with E-state index in [0.29, 0.717) is 0 Å². The van der Waals surface area contributed by atoms with Crippen LogP contribution in [-0.2, 0) is 7.05 Å². The van der Waals surface area contributed by atoms with E-state index in [1.54, 1.807) is 0 Å². The highest BCUT2D eigenvalue weighted by molar-refractivity contribution is 9.10. The Kier molecular flexibility index (Phi) is 2.89. The summed E-state index contributed by atoms with van der Waals surface area (Å²) in [5, 5.41) is 0. The van der Waals surface area contributed by atoms with Gasteiger partial charge in [-0.3, -0.25) is 0 Å². The van der Waals surface area contributed by atoms with Gasteiger partial charge in [-0.25, -0.2) is 4.98 Å². The molecule has 2 aromatic rings. The molecule has 0 N–H and O–H groups in total. The van der Waals surface area contributed by atoms with Crippen molar-refractivity contribution in [3.8, 4) is 11.3 Å². The van der Waals surface area contributed by atoms with Crippen molar-refractivity contribution in [2.24, 2.45) is 7.05 Å². The van der Waals surface area contributed by atoms with Gasteiger partial charge in [0.05, 0.1) is 5.69 Å². The molecule has 0 saturated carbocycles. The number of hydrogen-bond acceptors (Lipinski definition) is 1. The Morgan fingerprint density at radius 1 is 1.19 bits per heavy atom. The normalized spacial score (nSPS) is 10.8. The number of imidazole rings is 1. The molecule has 2 rings (SSSR count). The van der Waals surface area contributed by atoms with Gasteiger partial charge in [0.25, 0.3) is 0 Å². The van der Waals surface area contributed by atoms with Crippen LogP contribution in [0.1, 0.15) is 17.0 Å². The molecule has 0 bridgehead atoms. The van der Waals surface area contributed by atoms with Gasteiger partial charge < -0.3 is 4.57 Å². The Labute approximate surface area is 104 Å². The van der Waals surface area contributed by atoms with Crippen molar-refractivity contribution in [2.45, 2.75) is 20.8 Å². The molecule has 1 aromatic heterocycles. The summed E-state index contributed by atoms with van der Waals surface area (Å²) in [6.45, 7) is 6.25. The molecule has 0 amide bonds. The molecule has 1 heterocycles. The van der Waals surface area contributed by atoms with E-state index in [4.69, 9.17) is 0 Å². The first kappa shape index (κ1) is 11.4. The minimum Gasteiger partial charge on any atom is -0.330 e. The van der Waals surface area contributed by atoms with Crippen LogP contribution in [0.15, 0.2) is 22.8 Å². The van der Waals surface area contributed by atoms with E-state index < -0.39 is 0 Å². The Balaban J connectivity index is 2.71. The van der Waals surface area contributed by atoms with Crippen LogP contribution in [0, 0.1) is 20.8 Å². The van der Waals surface area contributed by atoms with Crippen molar-refractivity contribution in [1.82, 2.24) is 9.55 Å². The van der Waals surface area contributed by atoms with E-state index >= 15 is 0 Å². The fourth-order valence-corrected chi connectivity index (χ4v) is 2.59. The lowest BCUT2D eigenvalue weighted by Gasteiger charge is -2.09. The smallest absolute Gasteiger partial charge is 0.132 e. The summed E-state index contributed by atoms with van der Waals surface area (Å²) in [7, 11) is 2.05. The summed E-state index contributed by atoms with van der Waals surface area (Å²) in [4.78, 5) is 4.44. The molecular formula is C13H15BrN2. The second-order valence-corrected chi connectivity index (χ2v) is 4.93. The van der Waals surface area contributed by atoms with Crippen LogP contribution >= 0.6 is 15.9 Å². The zero-order chi connectivity index (χ0) is 11.9. The first-order valence-electron chi connectivity index (χ1n) is 5.27. The van der Waals surface area contributed by atoms with E-state index in [9.17, 15) is 0 Å². The van der Waals surface area contributed by atoms with Crippen molar-refractivity contribution in [3.05, 3.63) is 39.8 Å².